The smallest absolute Gasteiger partial charge is 0.238 e. The molecule has 0 radical (unpaired) electrons. The predicted molar refractivity (Wildman–Crippen MR) is 104 cm³/mol. The summed E-state index contributed by atoms with van der Waals surface area (Å²) in [5, 5.41) is 7.11. The Labute approximate surface area is 160 Å². The number of carbonyl (C=O) groups is 1. The van der Waals surface area contributed by atoms with Gasteiger partial charge in [-0.2, -0.15) is 5.10 Å². The van der Waals surface area contributed by atoms with E-state index < -0.39 is 0 Å². The van der Waals surface area contributed by atoms with Gasteiger partial charge in [-0.1, -0.05) is 6.07 Å². The lowest BCUT2D eigenvalue weighted by molar-refractivity contribution is -0.117. The summed E-state index contributed by atoms with van der Waals surface area (Å²) in [7, 11) is 3.51. The number of anilines is 1. The number of benzene rings is 1. The normalized spacial score (nSPS) is 17.5. The number of hydrogen-bond donors (Lipinski definition) is 1. The molecule has 1 amide bonds. The summed E-state index contributed by atoms with van der Waals surface area (Å²) in [5.74, 6) is 2.02. The largest absolute Gasteiger partial charge is 0.497 e. The van der Waals surface area contributed by atoms with Gasteiger partial charge in [-0.05, 0) is 38.4 Å². The number of aryl methyl sites for hydroxylation is 1. The van der Waals surface area contributed by atoms with E-state index in [0.717, 1.165) is 48.8 Å². The van der Waals surface area contributed by atoms with Crippen molar-refractivity contribution in [2.75, 3.05) is 38.7 Å². The molecule has 0 spiro atoms. The second kappa shape index (κ2) is 8.90. The number of rotatable bonds is 7. The number of amides is 1. The number of piperidine rings is 1. The summed E-state index contributed by atoms with van der Waals surface area (Å²) >= 11 is 0. The molecule has 146 valence electrons. The maximum atomic E-state index is 12.4. The standard InChI is InChI=1S/C20H28N4O3/c1-15-19(11-21-23(15)2)22-20(25)13-24-9-5-6-16(12-24)14-27-18-8-4-7-17(10-18)26-3/h4,7-8,10-11,16H,5-6,9,12-14H2,1-3H3,(H,22,25). The summed E-state index contributed by atoms with van der Waals surface area (Å²) < 4.78 is 12.9. The lowest BCUT2D eigenvalue weighted by Gasteiger charge is -2.32. The molecule has 2 aromatic rings. The van der Waals surface area contributed by atoms with E-state index in [4.69, 9.17) is 9.47 Å². The van der Waals surface area contributed by atoms with Crippen molar-refractivity contribution in [2.45, 2.75) is 19.8 Å². The van der Waals surface area contributed by atoms with Crippen molar-refractivity contribution in [1.82, 2.24) is 14.7 Å². The van der Waals surface area contributed by atoms with Crippen LogP contribution in [-0.4, -0.2) is 53.9 Å². The highest BCUT2D eigenvalue weighted by Gasteiger charge is 2.22. The number of nitrogens with zero attached hydrogens (tertiary/aromatic N) is 3. The van der Waals surface area contributed by atoms with Crippen LogP contribution >= 0.6 is 0 Å². The molecule has 1 aromatic carbocycles. The van der Waals surface area contributed by atoms with Crippen LogP contribution in [-0.2, 0) is 11.8 Å². The number of nitrogens with one attached hydrogen (secondary N) is 1. The van der Waals surface area contributed by atoms with E-state index in [1.807, 2.05) is 38.2 Å². The lowest BCUT2D eigenvalue weighted by atomic mass is 9.99. The number of likely N-dealkylation sites (tertiary alicyclic amines) is 1. The molecule has 1 fully saturated rings. The van der Waals surface area contributed by atoms with Gasteiger partial charge in [0.15, 0.2) is 0 Å². The van der Waals surface area contributed by atoms with Crippen molar-refractivity contribution in [3.8, 4) is 11.5 Å². The summed E-state index contributed by atoms with van der Waals surface area (Å²) in [6.07, 6.45) is 3.88. The molecule has 1 N–H and O–H groups in total. The quantitative estimate of drug-likeness (QED) is 0.809. The van der Waals surface area contributed by atoms with Gasteiger partial charge >= 0.3 is 0 Å². The zero-order valence-corrected chi connectivity index (χ0v) is 16.3. The Morgan fingerprint density at radius 2 is 2.19 bits per heavy atom. The van der Waals surface area contributed by atoms with Crippen LogP contribution in [0.15, 0.2) is 30.5 Å². The fraction of sp³-hybridized carbons (Fsp3) is 0.500. The number of methoxy groups -OCH3 is 1. The molecule has 0 saturated carbocycles. The third-order valence-corrected chi connectivity index (χ3v) is 5.01. The SMILES string of the molecule is COc1cccc(OCC2CCCN(CC(=O)Nc3cnn(C)c3C)C2)c1. The minimum Gasteiger partial charge on any atom is -0.497 e. The second-order valence-electron chi connectivity index (χ2n) is 7.05. The maximum absolute atomic E-state index is 12.4. The van der Waals surface area contributed by atoms with Crippen LogP contribution < -0.4 is 14.8 Å². The zero-order valence-electron chi connectivity index (χ0n) is 16.3. The van der Waals surface area contributed by atoms with Gasteiger partial charge in [0.2, 0.25) is 5.91 Å². The van der Waals surface area contributed by atoms with Crippen LogP contribution in [0.3, 0.4) is 0 Å². The minimum atomic E-state index is 0.000430. The number of carbonyl (C=O) groups excluding carboxylic acids is 1. The van der Waals surface area contributed by atoms with Crippen LogP contribution in [0, 0.1) is 12.8 Å². The number of ether oxygens (including phenoxy) is 2. The molecule has 2 heterocycles. The molecule has 1 aliphatic heterocycles. The van der Waals surface area contributed by atoms with Crippen LogP contribution in [0.4, 0.5) is 5.69 Å². The summed E-state index contributed by atoms with van der Waals surface area (Å²) in [6.45, 7) is 4.78. The van der Waals surface area contributed by atoms with Gasteiger partial charge in [0, 0.05) is 25.6 Å². The molecule has 1 saturated heterocycles. The van der Waals surface area contributed by atoms with Crippen molar-refractivity contribution in [1.29, 1.82) is 0 Å². The Balaban J connectivity index is 1.47. The Morgan fingerprint density at radius 1 is 1.37 bits per heavy atom. The number of hydrogen-bond acceptors (Lipinski definition) is 5. The van der Waals surface area contributed by atoms with Crippen LogP contribution in [0.5, 0.6) is 11.5 Å². The Bertz CT molecular complexity index is 774. The monoisotopic (exact) mass is 372 g/mol. The Kier molecular flexibility index (Phi) is 6.34. The molecule has 0 bridgehead atoms. The Hall–Kier alpha value is -2.54. The molecule has 1 atom stereocenters. The fourth-order valence-corrected chi connectivity index (χ4v) is 3.35. The first-order chi connectivity index (χ1) is 13.0. The zero-order chi connectivity index (χ0) is 19.2. The van der Waals surface area contributed by atoms with Gasteiger partial charge in [0.1, 0.15) is 11.5 Å². The van der Waals surface area contributed by atoms with Crippen molar-refractivity contribution >= 4 is 11.6 Å². The van der Waals surface area contributed by atoms with E-state index in [0.29, 0.717) is 19.1 Å². The fourth-order valence-electron chi connectivity index (χ4n) is 3.35. The van der Waals surface area contributed by atoms with Gasteiger partial charge in [0.25, 0.3) is 0 Å². The van der Waals surface area contributed by atoms with E-state index in [-0.39, 0.29) is 5.91 Å². The summed E-state index contributed by atoms with van der Waals surface area (Å²) in [4.78, 5) is 14.6. The summed E-state index contributed by atoms with van der Waals surface area (Å²) in [5.41, 5.74) is 1.73. The third kappa shape index (κ3) is 5.23. The average molecular weight is 372 g/mol. The second-order valence-corrected chi connectivity index (χ2v) is 7.05. The first kappa shape index (κ1) is 19.2. The number of aromatic nitrogens is 2. The molecular weight excluding hydrogens is 344 g/mol. The highest BCUT2D eigenvalue weighted by molar-refractivity contribution is 5.92. The van der Waals surface area contributed by atoms with E-state index in [9.17, 15) is 4.79 Å². The summed E-state index contributed by atoms with van der Waals surface area (Å²) in [6, 6.07) is 7.65. The first-order valence-electron chi connectivity index (χ1n) is 9.33. The van der Waals surface area contributed by atoms with Crippen LogP contribution in [0.25, 0.3) is 0 Å². The molecular formula is C20H28N4O3. The van der Waals surface area contributed by atoms with Gasteiger partial charge in [0.05, 0.1) is 37.8 Å². The van der Waals surface area contributed by atoms with Crippen molar-refractivity contribution in [3.05, 3.63) is 36.2 Å². The molecule has 1 aliphatic rings. The molecule has 3 rings (SSSR count). The molecule has 7 nitrogen and oxygen atoms in total. The maximum Gasteiger partial charge on any atom is 0.238 e. The van der Waals surface area contributed by atoms with E-state index in [1.165, 1.54) is 0 Å². The van der Waals surface area contributed by atoms with E-state index in [1.54, 1.807) is 18.0 Å². The van der Waals surface area contributed by atoms with Crippen molar-refractivity contribution < 1.29 is 14.3 Å². The topological polar surface area (TPSA) is 68.6 Å². The molecule has 1 aromatic heterocycles. The van der Waals surface area contributed by atoms with Crippen molar-refractivity contribution in [2.24, 2.45) is 13.0 Å². The Morgan fingerprint density at radius 3 is 2.93 bits per heavy atom. The minimum absolute atomic E-state index is 0.000430. The van der Waals surface area contributed by atoms with E-state index in [2.05, 4.69) is 15.3 Å². The predicted octanol–water partition coefficient (Wildman–Crippen LogP) is 2.47. The van der Waals surface area contributed by atoms with Gasteiger partial charge in [-0.3, -0.25) is 14.4 Å². The van der Waals surface area contributed by atoms with Gasteiger partial charge in [-0.15, -0.1) is 0 Å². The first-order valence-corrected chi connectivity index (χ1v) is 9.33. The highest BCUT2D eigenvalue weighted by Crippen LogP contribution is 2.22. The average Bonchev–Trinajstić information content (AvgIpc) is 2.99. The molecule has 27 heavy (non-hydrogen) atoms. The van der Waals surface area contributed by atoms with E-state index >= 15 is 0 Å². The molecule has 0 aliphatic carbocycles. The molecule has 7 heteroatoms. The third-order valence-electron chi connectivity index (χ3n) is 5.01. The van der Waals surface area contributed by atoms with Gasteiger partial charge in [-0.25, -0.2) is 0 Å². The lowest BCUT2D eigenvalue weighted by Crippen LogP contribution is -2.42. The van der Waals surface area contributed by atoms with Gasteiger partial charge < -0.3 is 14.8 Å². The highest BCUT2D eigenvalue weighted by atomic mass is 16.5. The molecule has 1 unspecified atom stereocenters. The van der Waals surface area contributed by atoms with Crippen LogP contribution in [0.1, 0.15) is 18.5 Å². The van der Waals surface area contributed by atoms with Crippen LogP contribution in [0.2, 0.25) is 0 Å². The van der Waals surface area contributed by atoms with Crippen molar-refractivity contribution in [3.63, 3.8) is 0 Å².